The second-order valence-corrected chi connectivity index (χ2v) is 8.71. The van der Waals surface area contributed by atoms with Gasteiger partial charge in [-0.15, -0.1) is 24.9 Å². The molecule has 0 spiro atoms. The molecule has 35 heavy (non-hydrogen) atoms. The van der Waals surface area contributed by atoms with Gasteiger partial charge in [0.15, 0.2) is 11.5 Å². The number of hydrogen-bond acceptors (Lipinski definition) is 6. The molecule has 10 heteroatoms. The van der Waals surface area contributed by atoms with Crippen molar-refractivity contribution in [2.45, 2.75) is 22.9 Å². The lowest BCUT2D eigenvalue weighted by Crippen LogP contribution is -2.27. The number of aliphatic imine (C=N–C) groups is 1. The van der Waals surface area contributed by atoms with Crippen LogP contribution in [0.2, 0.25) is 0 Å². The van der Waals surface area contributed by atoms with Gasteiger partial charge in [-0.3, -0.25) is 9.79 Å². The Hall–Kier alpha value is -3.66. The normalized spacial score (nSPS) is 15.0. The first-order chi connectivity index (χ1) is 16.8. The third-order valence-electron chi connectivity index (χ3n) is 5.10. The van der Waals surface area contributed by atoms with Crippen molar-refractivity contribution in [3.8, 4) is 17.2 Å². The number of carbonyl (C=O) groups excluding carboxylic acids is 1. The summed E-state index contributed by atoms with van der Waals surface area (Å²) in [6.45, 7) is 0. The summed E-state index contributed by atoms with van der Waals surface area (Å²) in [6, 6.07) is 18.1. The molecular weight excluding hydrogens is 481 g/mol. The maximum atomic E-state index is 12.9. The molecule has 0 radical (unpaired) electrons. The Bertz CT molecular complexity index is 1250. The largest absolute Gasteiger partial charge is 0.573 e. The third-order valence-corrected chi connectivity index (χ3v) is 6.38. The SMILES string of the molecule is COc1ccc(C2=Nc3ccccc3S[C@H]2CC(=O)Nc2ccc(OC(F)(F)F)cc2)cc1OC. The molecule has 3 aromatic carbocycles. The van der Waals surface area contributed by atoms with Crippen molar-refractivity contribution < 1.29 is 32.2 Å². The summed E-state index contributed by atoms with van der Waals surface area (Å²) in [4.78, 5) is 18.6. The molecule has 182 valence electrons. The number of nitrogens with zero attached hydrogens (tertiary/aromatic N) is 1. The molecule has 0 fully saturated rings. The van der Waals surface area contributed by atoms with Crippen molar-refractivity contribution >= 4 is 34.8 Å². The smallest absolute Gasteiger partial charge is 0.493 e. The fourth-order valence-corrected chi connectivity index (χ4v) is 4.80. The second-order valence-electron chi connectivity index (χ2n) is 7.47. The zero-order valence-corrected chi connectivity index (χ0v) is 19.6. The van der Waals surface area contributed by atoms with Crippen molar-refractivity contribution in [2.24, 2.45) is 4.99 Å². The van der Waals surface area contributed by atoms with Gasteiger partial charge in [0.2, 0.25) is 5.91 Å². The summed E-state index contributed by atoms with van der Waals surface area (Å²) in [5.41, 5.74) is 2.66. The quantitative estimate of drug-likeness (QED) is 0.415. The van der Waals surface area contributed by atoms with E-state index < -0.39 is 6.36 Å². The van der Waals surface area contributed by atoms with Gasteiger partial charge < -0.3 is 19.5 Å². The van der Waals surface area contributed by atoms with E-state index in [9.17, 15) is 18.0 Å². The Labute approximate surface area is 204 Å². The Morgan fingerprint density at radius 1 is 1.00 bits per heavy atom. The molecule has 1 aliphatic rings. The fraction of sp³-hybridized carbons (Fsp3) is 0.200. The molecule has 0 aliphatic carbocycles. The number of rotatable bonds is 7. The van der Waals surface area contributed by atoms with Crippen LogP contribution in [0.1, 0.15) is 12.0 Å². The number of benzene rings is 3. The third kappa shape index (κ3) is 6.07. The number of methoxy groups -OCH3 is 2. The van der Waals surface area contributed by atoms with Gasteiger partial charge in [-0.2, -0.15) is 0 Å². The number of thioether (sulfide) groups is 1. The Kier molecular flexibility index (Phi) is 7.20. The molecule has 0 saturated heterocycles. The van der Waals surface area contributed by atoms with E-state index in [4.69, 9.17) is 14.5 Å². The van der Waals surface area contributed by atoms with Gasteiger partial charge in [-0.1, -0.05) is 12.1 Å². The maximum Gasteiger partial charge on any atom is 0.573 e. The number of anilines is 1. The van der Waals surface area contributed by atoms with E-state index in [2.05, 4.69) is 10.1 Å². The summed E-state index contributed by atoms with van der Waals surface area (Å²) in [5.74, 6) is 0.450. The summed E-state index contributed by atoms with van der Waals surface area (Å²) in [5, 5.41) is 2.42. The molecule has 0 bridgehead atoms. The number of alkyl halides is 3. The van der Waals surface area contributed by atoms with Gasteiger partial charge >= 0.3 is 6.36 Å². The van der Waals surface area contributed by atoms with Crippen molar-refractivity contribution in [3.63, 3.8) is 0 Å². The van der Waals surface area contributed by atoms with E-state index in [1.54, 1.807) is 20.3 Å². The molecule has 1 heterocycles. The van der Waals surface area contributed by atoms with Crippen LogP contribution in [0.3, 0.4) is 0 Å². The van der Waals surface area contributed by atoms with Crippen LogP contribution in [0, 0.1) is 0 Å². The van der Waals surface area contributed by atoms with Crippen molar-refractivity contribution in [1.29, 1.82) is 0 Å². The topological polar surface area (TPSA) is 69.2 Å². The molecule has 1 aliphatic heterocycles. The fourth-order valence-electron chi connectivity index (χ4n) is 3.56. The van der Waals surface area contributed by atoms with Gasteiger partial charge in [0, 0.05) is 22.6 Å². The molecule has 0 aromatic heterocycles. The average molecular weight is 503 g/mol. The molecule has 1 amide bonds. The molecule has 1 N–H and O–H groups in total. The Morgan fingerprint density at radius 2 is 1.71 bits per heavy atom. The van der Waals surface area contributed by atoms with Crippen LogP contribution in [0.5, 0.6) is 17.2 Å². The number of ether oxygens (including phenoxy) is 3. The van der Waals surface area contributed by atoms with Crippen LogP contribution in [-0.2, 0) is 4.79 Å². The standard InChI is InChI=1S/C25H21F3N2O4S/c1-32-19-12-7-15(13-20(19)33-2)24-22(35-21-6-4-3-5-18(21)30-24)14-23(31)29-16-8-10-17(11-9-16)34-25(26,27)28/h3-13,22H,14H2,1-2H3,(H,29,31)/t22-/m0/s1. The molecular formula is C25H21F3N2O4S. The predicted octanol–water partition coefficient (Wildman–Crippen LogP) is 6.23. The van der Waals surface area contributed by atoms with Crippen LogP contribution in [0.25, 0.3) is 0 Å². The lowest BCUT2D eigenvalue weighted by Gasteiger charge is -2.25. The number of nitrogens with one attached hydrogen (secondary N) is 1. The molecule has 1 atom stereocenters. The van der Waals surface area contributed by atoms with E-state index in [-0.39, 0.29) is 23.3 Å². The van der Waals surface area contributed by atoms with Crippen LogP contribution in [-0.4, -0.2) is 37.5 Å². The van der Waals surface area contributed by atoms with Gasteiger partial charge in [-0.05, 0) is 54.6 Å². The highest BCUT2D eigenvalue weighted by atomic mass is 32.2. The minimum absolute atomic E-state index is 0.0903. The second kappa shape index (κ2) is 10.3. The first-order valence-electron chi connectivity index (χ1n) is 10.5. The molecule has 4 rings (SSSR count). The molecule has 0 unspecified atom stereocenters. The van der Waals surface area contributed by atoms with Crippen LogP contribution in [0.4, 0.5) is 24.5 Å². The highest BCUT2D eigenvalue weighted by molar-refractivity contribution is 8.01. The van der Waals surface area contributed by atoms with Crippen LogP contribution < -0.4 is 19.5 Å². The zero-order chi connectivity index (χ0) is 25.0. The van der Waals surface area contributed by atoms with Gasteiger partial charge in [0.05, 0.1) is 30.9 Å². The monoisotopic (exact) mass is 502 g/mol. The number of hydrogen-bond donors (Lipinski definition) is 1. The Balaban J connectivity index is 1.55. The summed E-state index contributed by atoms with van der Waals surface area (Å²) >= 11 is 1.52. The number of fused-ring (bicyclic) bond motifs is 1. The molecule has 6 nitrogen and oxygen atoms in total. The minimum Gasteiger partial charge on any atom is -0.493 e. The van der Waals surface area contributed by atoms with Crippen LogP contribution >= 0.6 is 11.8 Å². The summed E-state index contributed by atoms with van der Waals surface area (Å²) in [7, 11) is 3.10. The van der Waals surface area contributed by atoms with Crippen molar-refractivity contribution in [1.82, 2.24) is 0 Å². The lowest BCUT2D eigenvalue weighted by molar-refractivity contribution is -0.274. The zero-order valence-electron chi connectivity index (χ0n) is 18.8. The van der Waals surface area contributed by atoms with Crippen molar-refractivity contribution in [2.75, 3.05) is 19.5 Å². The van der Waals surface area contributed by atoms with Gasteiger partial charge in [-0.25, -0.2) is 0 Å². The first kappa shape index (κ1) is 24.5. The lowest BCUT2D eigenvalue weighted by atomic mass is 10.0. The minimum atomic E-state index is -4.78. The van der Waals surface area contributed by atoms with Gasteiger partial charge in [0.25, 0.3) is 0 Å². The average Bonchev–Trinajstić information content (AvgIpc) is 2.83. The molecule has 3 aromatic rings. The maximum absolute atomic E-state index is 12.9. The first-order valence-corrected chi connectivity index (χ1v) is 11.4. The summed E-state index contributed by atoms with van der Waals surface area (Å²) in [6.07, 6.45) is -4.69. The highest BCUT2D eigenvalue weighted by Gasteiger charge is 2.31. The number of carbonyl (C=O) groups is 1. The predicted molar refractivity (Wildman–Crippen MR) is 128 cm³/mol. The van der Waals surface area contributed by atoms with E-state index >= 15 is 0 Å². The van der Waals surface area contributed by atoms with Crippen LogP contribution in [0.15, 0.2) is 76.6 Å². The van der Waals surface area contributed by atoms with Gasteiger partial charge in [0.1, 0.15) is 5.75 Å². The van der Waals surface area contributed by atoms with E-state index in [0.717, 1.165) is 28.3 Å². The van der Waals surface area contributed by atoms with E-state index in [0.29, 0.717) is 22.9 Å². The van der Waals surface area contributed by atoms with E-state index in [1.165, 1.54) is 23.9 Å². The van der Waals surface area contributed by atoms with Crippen molar-refractivity contribution in [3.05, 3.63) is 72.3 Å². The summed E-state index contributed by atoms with van der Waals surface area (Å²) < 4.78 is 51.7. The highest BCUT2D eigenvalue weighted by Crippen LogP contribution is 2.41. The number of halogens is 3. The Morgan fingerprint density at radius 3 is 2.40 bits per heavy atom. The number of para-hydroxylation sites is 1. The van der Waals surface area contributed by atoms with E-state index in [1.807, 2.05) is 36.4 Å². The number of amides is 1. The molecule has 0 saturated carbocycles.